The molecule has 2 heterocycles. The van der Waals surface area contributed by atoms with Gasteiger partial charge in [-0.25, -0.2) is 13.8 Å². The number of carbonyl (C=O) groups is 1. The number of pyridine rings is 2. The van der Waals surface area contributed by atoms with Gasteiger partial charge in [-0.2, -0.15) is 0 Å². The van der Waals surface area contributed by atoms with E-state index in [1.54, 1.807) is 18.2 Å². The van der Waals surface area contributed by atoms with E-state index in [-0.39, 0.29) is 40.6 Å². The highest BCUT2D eigenvalue weighted by molar-refractivity contribution is 5.98. The maximum Gasteiger partial charge on any atom is 0.252 e. The maximum absolute atomic E-state index is 14.7. The van der Waals surface area contributed by atoms with E-state index in [1.165, 1.54) is 25.6 Å². The Morgan fingerprint density at radius 3 is 2.68 bits per heavy atom. The van der Waals surface area contributed by atoms with E-state index in [0.717, 1.165) is 31.7 Å². The Bertz CT molecular complexity index is 1210. The number of nitrogens with zero attached hydrogens (tertiary/aromatic N) is 2. The fraction of sp³-hybridized carbons (Fsp3) is 0.292. The summed E-state index contributed by atoms with van der Waals surface area (Å²) in [7, 11) is 1.38. The van der Waals surface area contributed by atoms with Crippen LogP contribution in [0.25, 0.3) is 11.1 Å². The Kier molecular flexibility index (Phi) is 6.87. The molecule has 1 saturated carbocycles. The Labute approximate surface area is 195 Å². The van der Waals surface area contributed by atoms with Crippen LogP contribution in [-0.2, 0) is 0 Å². The topological polar surface area (TPSA) is 128 Å². The monoisotopic (exact) mass is 468 g/mol. The zero-order valence-electron chi connectivity index (χ0n) is 18.6. The largest absolute Gasteiger partial charge is 0.494 e. The van der Waals surface area contributed by atoms with Crippen LogP contribution in [0, 0.1) is 11.6 Å². The predicted molar refractivity (Wildman–Crippen MR) is 126 cm³/mol. The van der Waals surface area contributed by atoms with Gasteiger partial charge in [0, 0.05) is 29.4 Å². The van der Waals surface area contributed by atoms with Crippen LogP contribution in [0.1, 0.15) is 36.0 Å². The highest BCUT2D eigenvalue weighted by Gasteiger charge is 2.24. The molecule has 1 amide bonds. The summed E-state index contributed by atoms with van der Waals surface area (Å²) in [5.41, 5.74) is 12.7. The number of anilines is 3. The molecule has 10 heteroatoms. The average molecular weight is 469 g/mol. The van der Waals surface area contributed by atoms with E-state index in [9.17, 15) is 13.6 Å². The van der Waals surface area contributed by atoms with Gasteiger partial charge in [-0.1, -0.05) is 25.0 Å². The second kappa shape index (κ2) is 10.0. The number of amides is 1. The van der Waals surface area contributed by atoms with Gasteiger partial charge in [-0.15, -0.1) is 0 Å². The molecule has 1 fully saturated rings. The van der Waals surface area contributed by atoms with E-state index in [1.807, 2.05) is 0 Å². The number of ether oxygens (including phenoxy) is 1. The van der Waals surface area contributed by atoms with Crippen molar-refractivity contribution in [3.05, 3.63) is 59.9 Å². The number of carbonyl (C=O) groups excluding carboxylic acids is 1. The molecule has 8 nitrogen and oxygen atoms in total. The molecule has 0 radical (unpaired) electrons. The molecular weight excluding hydrogens is 442 g/mol. The number of aromatic nitrogens is 2. The number of halogens is 2. The first-order chi connectivity index (χ1) is 16.4. The van der Waals surface area contributed by atoms with Gasteiger partial charge in [0.25, 0.3) is 5.91 Å². The molecular formula is C24H26F2N6O2. The molecule has 178 valence electrons. The summed E-state index contributed by atoms with van der Waals surface area (Å²) in [5.74, 6) is -1.97. The van der Waals surface area contributed by atoms with Crippen molar-refractivity contribution in [1.82, 2.24) is 9.97 Å². The Hall–Kier alpha value is -3.79. The van der Waals surface area contributed by atoms with Gasteiger partial charge < -0.3 is 26.8 Å². The van der Waals surface area contributed by atoms with Gasteiger partial charge in [0.05, 0.1) is 24.6 Å². The van der Waals surface area contributed by atoms with Crippen LogP contribution in [-0.4, -0.2) is 35.1 Å². The van der Waals surface area contributed by atoms with Crippen molar-refractivity contribution in [2.24, 2.45) is 11.5 Å². The molecule has 3 aromatic rings. The minimum absolute atomic E-state index is 0.0298. The van der Waals surface area contributed by atoms with Crippen molar-refractivity contribution in [2.75, 3.05) is 17.7 Å². The number of hydrogen-bond donors (Lipinski definition) is 4. The lowest BCUT2D eigenvalue weighted by Crippen LogP contribution is -2.43. The number of nitrogens with two attached hydrogens (primary N) is 2. The van der Waals surface area contributed by atoms with Gasteiger partial charge in [-0.05, 0) is 31.0 Å². The van der Waals surface area contributed by atoms with Crippen LogP contribution < -0.4 is 26.8 Å². The summed E-state index contributed by atoms with van der Waals surface area (Å²) in [4.78, 5) is 20.4. The summed E-state index contributed by atoms with van der Waals surface area (Å²) in [5, 5.41) is 6.03. The molecule has 0 saturated heterocycles. The number of rotatable bonds is 7. The molecule has 4 rings (SSSR count). The first-order valence-electron chi connectivity index (χ1n) is 10.9. The molecule has 1 aliphatic rings. The molecule has 0 bridgehead atoms. The van der Waals surface area contributed by atoms with E-state index >= 15 is 0 Å². The minimum atomic E-state index is -0.849. The van der Waals surface area contributed by atoms with Crippen molar-refractivity contribution >= 4 is 23.2 Å². The standard InChI is InChI=1S/C24H26F2N6O2/c1-34-20-8-4-5-15(21(20)26)13-9-14(12-29-11-13)30-23-16(22(28)33)10-17(25)24(32-23)31-19-7-3-2-6-18(19)27/h4-5,8-12,18-19H,2-3,6-7,27H2,1H3,(H2,28,33)(H2,30,31,32). The lowest BCUT2D eigenvalue weighted by molar-refractivity contribution is 0.100. The van der Waals surface area contributed by atoms with Crippen molar-refractivity contribution in [1.29, 1.82) is 0 Å². The van der Waals surface area contributed by atoms with E-state index in [4.69, 9.17) is 16.2 Å². The van der Waals surface area contributed by atoms with Crippen molar-refractivity contribution in [2.45, 2.75) is 37.8 Å². The fourth-order valence-corrected chi connectivity index (χ4v) is 4.07. The predicted octanol–water partition coefficient (Wildman–Crippen LogP) is 3.95. The van der Waals surface area contributed by atoms with Gasteiger partial charge >= 0.3 is 0 Å². The molecule has 0 spiro atoms. The molecule has 2 unspecified atom stereocenters. The average Bonchev–Trinajstić information content (AvgIpc) is 2.82. The summed E-state index contributed by atoms with van der Waals surface area (Å²) >= 11 is 0. The van der Waals surface area contributed by atoms with E-state index in [2.05, 4.69) is 20.6 Å². The number of nitrogens with one attached hydrogen (secondary N) is 2. The lowest BCUT2D eigenvalue weighted by atomic mass is 9.91. The van der Waals surface area contributed by atoms with Crippen molar-refractivity contribution in [3.8, 4) is 16.9 Å². The quantitative estimate of drug-likeness (QED) is 0.413. The highest BCUT2D eigenvalue weighted by Crippen LogP contribution is 2.31. The SMILES string of the molecule is COc1cccc(-c2cncc(Nc3nc(NC4CCCCC4N)c(F)cc3C(N)=O)c2)c1F. The second-order valence-corrected chi connectivity index (χ2v) is 8.19. The maximum atomic E-state index is 14.7. The zero-order valence-corrected chi connectivity index (χ0v) is 18.6. The van der Waals surface area contributed by atoms with Gasteiger partial charge in [0.2, 0.25) is 0 Å². The molecule has 34 heavy (non-hydrogen) atoms. The lowest BCUT2D eigenvalue weighted by Gasteiger charge is -2.30. The van der Waals surface area contributed by atoms with Gasteiger partial charge in [0.15, 0.2) is 23.2 Å². The van der Waals surface area contributed by atoms with Crippen LogP contribution in [0.5, 0.6) is 5.75 Å². The molecule has 1 aromatic carbocycles. The van der Waals surface area contributed by atoms with E-state index < -0.39 is 17.5 Å². The Morgan fingerprint density at radius 2 is 1.94 bits per heavy atom. The van der Waals surface area contributed by atoms with Gasteiger partial charge in [0.1, 0.15) is 5.82 Å². The van der Waals surface area contributed by atoms with Crippen molar-refractivity contribution < 1.29 is 18.3 Å². The summed E-state index contributed by atoms with van der Waals surface area (Å²) in [6.07, 6.45) is 6.61. The first kappa shape index (κ1) is 23.4. The summed E-state index contributed by atoms with van der Waals surface area (Å²) < 4.78 is 34.5. The summed E-state index contributed by atoms with van der Waals surface area (Å²) in [6, 6.07) is 7.18. The Morgan fingerprint density at radius 1 is 1.15 bits per heavy atom. The van der Waals surface area contributed by atoms with Crippen LogP contribution in [0.15, 0.2) is 42.7 Å². The minimum Gasteiger partial charge on any atom is -0.494 e. The van der Waals surface area contributed by atoms with Crippen LogP contribution in [0.3, 0.4) is 0 Å². The molecule has 1 aliphatic carbocycles. The van der Waals surface area contributed by atoms with E-state index in [0.29, 0.717) is 11.3 Å². The van der Waals surface area contributed by atoms with Crippen LogP contribution in [0.4, 0.5) is 26.1 Å². The summed E-state index contributed by atoms with van der Waals surface area (Å²) in [6.45, 7) is 0. The smallest absolute Gasteiger partial charge is 0.252 e. The number of methoxy groups -OCH3 is 1. The number of hydrogen-bond acceptors (Lipinski definition) is 7. The normalized spacial score (nSPS) is 17.8. The van der Waals surface area contributed by atoms with Crippen LogP contribution in [0.2, 0.25) is 0 Å². The number of primary amides is 1. The third-order valence-corrected chi connectivity index (χ3v) is 5.88. The highest BCUT2D eigenvalue weighted by atomic mass is 19.1. The zero-order chi connectivity index (χ0) is 24.2. The Balaban J connectivity index is 1.67. The first-order valence-corrected chi connectivity index (χ1v) is 10.9. The van der Waals surface area contributed by atoms with Gasteiger partial charge in [-0.3, -0.25) is 9.78 Å². The fourth-order valence-electron chi connectivity index (χ4n) is 4.07. The number of benzene rings is 1. The third kappa shape index (κ3) is 4.91. The molecule has 2 aromatic heterocycles. The van der Waals surface area contributed by atoms with Crippen molar-refractivity contribution in [3.63, 3.8) is 0 Å². The molecule has 6 N–H and O–H groups in total. The molecule has 0 aliphatic heterocycles. The van der Waals surface area contributed by atoms with Crippen LogP contribution >= 0.6 is 0 Å². The second-order valence-electron chi connectivity index (χ2n) is 8.19. The molecule has 2 atom stereocenters. The third-order valence-electron chi connectivity index (χ3n) is 5.88.